The molecule has 0 saturated carbocycles. The van der Waals surface area contributed by atoms with Crippen LogP contribution in [0.2, 0.25) is 0 Å². The molecule has 1 heterocycles. The fourth-order valence-corrected chi connectivity index (χ4v) is 3.12. The van der Waals surface area contributed by atoms with Crippen molar-refractivity contribution in [2.75, 3.05) is 39.4 Å². The Bertz CT molecular complexity index is 984. The summed E-state index contributed by atoms with van der Waals surface area (Å²) in [6.45, 7) is 9.12. The maximum absolute atomic E-state index is 12.9. The summed E-state index contributed by atoms with van der Waals surface area (Å²) in [5, 5.41) is 7.60. The molecule has 0 unspecified atom stereocenters. The van der Waals surface area contributed by atoms with Crippen LogP contribution in [0.5, 0.6) is 11.5 Å². The molecule has 6 nitrogen and oxygen atoms in total. The maximum Gasteiger partial charge on any atom is 0.200 e. The van der Waals surface area contributed by atoms with Gasteiger partial charge in [0, 0.05) is 6.07 Å². The van der Waals surface area contributed by atoms with Gasteiger partial charge in [0.15, 0.2) is 0 Å². The number of hydrogen-bond donors (Lipinski definition) is 2. The quantitative estimate of drug-likeness (QED) is 0.358. The van der Waals surface area contributed by atoms with Gasteiger partial charge >= 0.3 is 0 Å². The van der Waals surface area contributed by atoms with Crippen molar-refractivity contribution in [3.8, 4) is 11.5 Å². The van der Waals surface area contributed by atoms with E-state index >= 15 is 0 Å². The monoisotopic (exact) mass is 398 g/mol. The summed E-state index contributed by atoms with van der Waals surface area (Å²) in [4.78, 5) is 12.9. The molecule has 0 aliphatic rings. The van der Waals surface area contributed by atoms with E-state index in [2.05, 4.69) is 24.5 Å². The van der Waals surface area contributed by atoms with Crippen molar-refractivity contribution in [2.24, 2.45) is 0 Å². The first kappa shape index (κ1) is 21.1. The molecule has 2 aromatic carbocycles. The Hall–Kier alpha value is -2.57. The van der Waals surface area contributed by atoms with Gasteiger partial charge in [-0.1, -0.05) is 13.8 Å². The number of ether oxygens (including phenoxy) is 2. The van der Waals surface area contributed by atoms with Crippen LogP contribution in [0.4, 0.5) is 0 Å². The van der Waals surface area contributed by atoms with E-state index in [0.29, 0.717) is 46.7 Å². The number of rotatable bonds is 12. The standard InChI is InChI=1S/C23H30N2O4/c1-3-24-11-5-13-27-17-8-10-21-20(15-17)23(26)19-9-7-18(16-22(19)29-21)28-14-6-12-25-4-2/h7-10,15-16,24-25H,3-6,11-14H2,1-2H3. The fraction of sp³-hybridized carbons (Fsp3) is 0.435. The largest absolute Gasteiger partial charge is 0.494 e. The predicted octanol–water partition coefficient (Wildman–Crippen LogP) is 3.70. The smallest absolute Gasteiger partial charge is 0.200 e. The van der Waals surface area contributed by atoms with Crippen molar-refractivity contribution < 1.29 is 13.9 Å². The lowest BCUT2D eigenvalue weighted by Gasteiger charge is -2.09. The zero-order chi connectivity index (χ0) is 20.5. The molecule has 0 spiro atoms. The van der Waals surface area contributed by atoms with Crippen LogP contribution in [0.3, 0.4) is 0 Å². The van der Waals surface area contributed by atoms with Crippen LogP contribution in [0.25, 0.3) is 21.9 Å². The fourth-order valence-electron chi connectivity index (χ4n) is 3.12. The minimum absolute atomic E-state index is 0.0574. The zero-order valence-corrected chi connectivity index (χ0v) is 17.3. The van der Waals surface area contributed by atoms with Gasteiger partial charge in [0.25, 0.3) is 0 Å². The third kappa shape index (κ3) is 5.71. The van der Waals surface area contributed by atoms with E-state index in [-0.39, 0.29) is 5.43 Å². The zero-order valence-electron chi connectivity index (χ0n) is 17.3. The third-order valence-corrected chi connectivity index (χ3v) is 4.65. The van der Waals surface area contributed by atoms with Gasteiger partial charge in [0.05, 0.1) is 24.0 Å². The van der Waals surface area contributed by atoms with Gasteiger partial charge in [-0.25, -0.2) is 0 Å². The molecule has 0 saturated heterocycles. The molecule has 0 bridgehead atoms. The number of nitrogens with one attached hydrogen (secondary N) is 2. The second-order valence-corrected chi connectivity index (χ2v) is 6.86. The van der Waals surface area contributed by atoms with Crippen molar-refractivity contribution in [1.82, 2.24) is 10.6 Å². The number of benzene rings is 2. The molecule has 2 N–H and O–H groups in total. The highest BCUT2D eigenvalue weighted by atomic mass is 16.5. The first-order valence-corrected chi connectivity index (χ1v) is 10.4. The Kier molecular flexibility index (Phi) is 7.90. The second-order valence-electron chi connectivity index (χ2n) is 6.86. The van der Waals surface area contributed by atoms with Crippen LogP contribution >= 0.6 is 0 Å². The molecule has 0 radical (unpaired) electrons. The lowest BCUT2D eigenvalue weighted by atomic mass is 10.1. The highest BCUT2D eigenvalue weighted by Crippen LogP contribution is 2.25. The van der Waals surface area contributed by atoms with Gasteiger partial charge in [0.1, 0.15) is 22.7 Å². The first-order chi connectivity index (χ1) is 14.2. The van der Waals surface area contributed by atoms with Crippen LogP contribution in [0.1, 0.15) is 26.7 Å². The minimum atomic E-state index is -0.0574. The van der Waals surface area contributed by atoms with E-state index in [1.807, 2.05) is 12.1 Å². The summed E-state index contributed by atoms with van der Waals surface area (Å²) >= 11 is 0. The van der Waals surface area contributed by atoms with Gasteiger partial charge in [0.2, 0.25) is 5.43 Å². The van der Waals surface area contributed by atoms with Gasteiger partial charge in [-0.2, -0.15) is 0 Å². The Morgan fingerprint density at radius 2 is 1.41 bits per heavy atom. The summed E-state index contributed by atoms with van der Waals surface area (Å²) in [7, 11) is 0. The molecule has 0 atom stereocenters. The van der Waals surface area contributed by atoms with E-state index in [1.165, 1.54) is 0 Å². The molecule has 0 fully saturated rings. The summed E-state index contributed by atoms with van der Waals surface area (Å²) in [6, 6.07) is 10.8. The molecule has 3 rings (SSSR count). The molecule has 6 heteroatoms. The van der Waals surface area contributed by atoms with Crippen LogP contribution in [-0.4, -0.2) is 39.4 Å². The van der Waals surface area contributed by atoms with E-state index in [4.69, 9.17) is 13.9 Å². The highest BCUT2D eigenvalue weighted by molar-refractivity contribution is 5.90. The highest BCUT2D eigenvalue weighted by Gasteiger charge is 2.10. The summed E-state index contributed by atoms with van der Waals surface area (Å²) < 4.78 is 17.5. The first-order valence-electron chi connectivity index (χ1n) is 10.4. The van der Waals surface area contributed by atoms with E-state index < -0.39 is 0 Å². The number of hydrogen-bond acceptors (Lipinski definition) is 6. The van der Waals surface area contributed by atoms with Gasteiger partial charge in [-0.05, 0) is 69.4 Å². The van der Waals surface area contributed by atoms with Crippen molar-refractivity contribution in [3.05, 3.63) is 46.6 Å². The minimum Gasteiger partial charge on any atom is -0.494 e. The Morgan fingerprint density at radius 3 is 2.07 bits per heavy atom. The Morgan fingerprint density at radius 1 is 0.793 bits per heavy atom. The molecule has 29 heavy (non-hydrogen) atoms. The molecule has 0 aliphatic heterocycles. The third-order valence-electron chi connectivity index (χ3n) is 4.65. The average Bonchev–Trinajstić information content (AvgIpc) is 2.74. The van der Waals surface area contributed by atoms with Gasteiger partial charge in [-0.15, -0.1) is 0 Å². The summed E-state index contributed by atoms with van der Waals surface area (Å²) in [5.74, 6) is 1.39. The Labute approximate surface area is 171 Å². The molecule has 3 aromatic rings. The molecule has 1 aromatic heterocycles. The molecular weight excluding hydrogens is 368 g/mol. The SMILES string of the molecule is CCNCCCOc1ccc2c(=O)c3cc(OCCCNCC)ccc3oc2c1. The topological polar surface area (TPSA) is 72.7 Å². The van der Waals surface area contributed by atoms with Crippen LogP contribution in [-0.2, 0) is 0 Å². The van der Waals surface area contributed by atoms with E-state index in [9.17, 15) is 4.79 Å². The number of fused-ring (bicyclic) bond motifs is 2. The van der Waals surface area contributed by atoms with E-state index in [0.717, 1.165) is 39.0 Å². The summed E-state index contributed by atoms with van der Waals surface area (Å²) in [6.07, 6.45) is 1.83. The maximum atomic E-state index is 12.9. The lowest BCUT2D eigenvalue weighted by Crippen LogP contribution is -2.16. The van der Waals surface area contributed by atoms with Crippen molar-refractivity contribution >= 4 is 21.9 Å². The molecular formula is C23H30N2O4. The normalized spacial score (nSPS) is 11.2. The van der Waals surface area contributed by atoms with Crippen LogP contribution in [0, 0.1) is 0 Å². The van der Waals surface area contributed by atoms with E-state index in [1.54, 1.807) is 24.3 Å². The second kappa shape index (κ2) is 10.8. The van der Waals surface area contributed by atoms with Gasteiger partial charge in [-0.3, -0.25) is 4.79 Å². The molecule has 0 aliphatic carbocycles. The Balaban J connectivity index is 1.73. The lowest BCUT2D eigenvalue weighted by molar-refractivity contribution is 0.308. The molecule has 0 amide bonds. The van der Waals surface area contributed by atoms with Crippen molar-refractivity contribution in [3.63, 3.8) is 0 Å². The van der Waals surface area contributed by atoms with Crippen LogP contribution in [0.15, 0.2) is 45.6 Å². The predicted molar refractivity (Wildman–Crippen MR) is 117 cm³/mol. The van der Waals surface area contributed by atoms with Crippen LogP contribution < -0.4 is 25.5 Å². The van der Waals surface area contributed by atoms with Gasteiger partial charge < -0.3 is 24.5 Å². The molecule has 156 valence electrons. The average molecular weight is 399 g/mol. The van der Waals surface area contributed by atoms with Crippen molar-refractivity contribution in [1.29, 1.82) is 0 Å². The van der Waals surface area contributed by atoms with Crippen molar-refractivity contribution in [2.45, 2.75) is 26.7 Å². The summed E-state index contributed by atoms with van der Waals surface area (Å²) in [5.41, 5.74) is 1.02.